The molecule has 1 aliphatic carbocycles. The van der Waals surface area contributed by atoms with Gasteiger partial charge in [0, 0.05) is 72.4 Å². The van der Waals surface area contributed by atoms with Crippen LogP contribution in [0.15, 0.2) is 59.3 Å². The molecule has 4 nitrogen and oxygen atoms in total. The van der Waals surface area contributed by atoms with Gasteiger partial charge in [0.25, 0.3) is 0 Å². The highest BCUT2D eigenvalue weighted by atomic mass is 79.9. The summed E-state index contributed by atoms with van der Waals surface area (Å²) in [6, 6.07) is 14.3. The fraction of sp³-hybridized carbons (Fsp3) is 0.393. The number of halogens is 2. The highest BCUT2D eigenvalue weighted by Crippen LogP contribution is 2.39. The van der Waals surface area contributed by atoms with E-state index in [1.165, 1.54) is 42.3 Å². The summed E-state index contributed by atoms with van der Waals surface area (Å²) in [6.45, 7) is 4.25. The average molecular weight is 521 g/mol. The third-order valence-electron chi connectivity index (χ3n) is 7.94. The van der Waals surface area contributed by atoms with Crippen LogP contribution in [0.3, 0.4) is 0 Å². The SMILES string of the molecule is Cn1cc(C2CCC(N3CCN(c4cc(Br)cc5cccnc45)CC3)CC2)c2cc(F)ccc21. The van der Waals surface area contributed by atoms with Crippen molar-refractivity contribution in [1.29, 1.82) is 0 Å². The number of hydrogen-bond acceptors (Lipinski definition) is 3. The van der Waals surface area contributed by atoms with Gasteiger partial charge in [-0.2, -0.15) is 0 Å². The summed E-state index contributed by atoms with van der Waals surface area (Å²) >= 11 is 3.68. The van der Waals surface area contributed by atoms with Crippen molar-refractivity contribution in [3.8, 4) is 0 Å². The summed E-state index contributed by atoms with van der Waals surface area (Å²) < 4.78 is 17.2. The molecular weight excluding hydrogens is 491 g/mol. The maximum absolute atomic E-state index is 13.9. The fourth-order valence-electron chi connectivity index (χ4n) is 6.18. The zero-order valence-corrected chi connectivity index (χ0v) is 21.1. The molecule has 34 heavy (non-hydrogen) atoms. The molecule has 6 heteroatoms. The number of pyridine rings is 1. The lowest BCUT2D eigenvalue weighted by atomic mass is 9.81. The molecular formula is C28H30BrFN4. The van der Waals surface area contributed by atoms with Gasteiger partial charge in [-0.05, 0) is 73.6 Å². The maximum atomic E-state index is 13.9. The van der Waals surface area contributed by atoms with Crippen molar-refractivity contribution in [1.82, 2.24) is 14.5 Å². The second-order valence-electron chi connectivity index (χ2n) is 9.89. The van der Waals surface area contributed by atoms with E-state index in [1.54, 1.807) is 12.1 Å². The van der Waals surface area contributed by atoms with Gasteiger partial charge in [0.15, 0.2) is 0 Å². The second kappa shape index (κ2) is 8.97. The van der Waals surface area contributed by atoms with Crippen LogP contribution in [0.2, 0.25) is 0 Å². The fourth-order valence-corrected chi connectivity index (χ4v) is 6.64. The number of hydrogen-bond donors (Lipinski definition) is 0. The molecule has 4 aromatic rings. The summed E-state index contributed by atoms with van der Waals surface area (Å²) in [5.74, 6) is 0.391. The van der Waals surface area contributed by atoms with Crippen LogP contribution in [-0.2, 0) is 7.05 Å². The molecule has 2 aliphatic rings. The highest BCUT2D eigenvalue weighted by Gasteiger charge is 2.30. The van der Waals surface area contributed by atoms with Gasteiger partial charge in [0.05, 0.1) is 11.2 Å². The van der Waals surface area contributed by atoms with Crippen LogP contribution in [0, 0.1) is 5.82 Å². The third kappa shape index (κ3) is 4.01. The molecule has 0 unspecified atom stereocenters. The Labute approximate surface area is 208 Å². The Hall–Kier alpha value is -2.44. The van der Waals surface area contributed by atoms with Crippen molar-refractivity contribution < 1.29 is 4.39 Å². The van der Waals surface area contributed by atoms with Crippen LogP contribution in [0.1, 0.15) is 37.2 Å². The van der Waals surface area contributed by atoms with E-state index < -0.39 is 0 Å². The van der Waals surface area contributed by atoms with E-state index >= 15 is 0 Å². The molecule has 0 bridgehead atoms. The predicted octanol–water partition coefficient (Wildman–Crippen LogP) is 6.48. The molecule has 2 aromatic carbocycles. The predicted molar refractivity (Wildman–Crippen MR) is 141 cm³/mol. The first-order chi connectivity index (χ1) is 16.6. The minimum atomic E-state index is -0.139. The Morgan fingerprint density at radius 2 is 1.76 bits per heavy atom. The van der Waals surface area contributed by atoms with Crippen molar-refractivity contribution in [3.05, 3.63) is 70.7 Å². The van der Waals surface area contributed by atoms with E-state index in [9.17, 15) is 4.39 Å². The average Bonchev–Trinajstić information content (AvgIpc) is 3.19. The van der Waals surface area contributed by atoms with E-state index in [2.05, 4.69) is 66.7 Å². The summed E-state index contributed by atoms with van der Waals surface area (Å²) in [4.78, 5) is 9.86. The van der Waals surface area contributed by atoms with Crippen molar-refractivity contribution in [2.24, 2.45) is 7.05 Å². The lowest BCUT2D eigenvalue weighted by Crippen LogP contribution is -2.51. The van der Waals surface area contributed by atoms with Gasteiger partial charge in [0.1, 0.15) is 5.82 Å². The maximum Gasteiger partial charge on any atom is 0.123 e. The molecule has 0 N–H and O–H groups in total. The molecule has 0 atom stereocenters. The molecule has 0 spiro atoms. The Balaban J connectivity index is 1.11. The van der Waals surface area contributed by atoms with Gasteiger partial charge >= 0.3 is 0 Å². The number of fused-ring (bicyclic) bond motifs is 2. The minimum absolute atomic E-state index is 0.139. The first-order valence-corrected chi connectivity index (χ1v) is 13.1. The molecule has 1 saturated carbocycles. The lowest BCUT2D eigenvalue weighted by Gasteiger charge is -2.42. The zero-order chi connectivity index (χ0) is 23.2. The number of anilines is 1. The topological polar surface area (TPSA) is 24.3 Å². The molecule has 176 valence electrons. The first kappa shape index (κ1) is 22.1. The second-order valence-corrected chi connectivity index (χ2v) is 10.8. The molecule has 2 aromatic heterocycles. The monoisotopic (exact) mass is 520 g/mol. The molecule has 6 rings (SSSR count). The van der Waals surface area contributed by atoms with Gasteiger partial charge < -0.3 is 9.47 Å². The summed E-state index contributed by atoms with van der Waals surface area (Å²) in [7, 11) is 2.07. The van der Waals surface area contributed by atoms with Crippen LogP contribution in [-0.4, -0.2) is 46.7 Å². The number of piperazine rings is 1. The molecule has 0 amide bonds. The minimum Gasteiger partial charge on any atom is -0.367 e. The third-order valence-corrected chi connectivity index (χ3v) is 8.40. The van der Waals surface area contributed by atoms with Gasteiger partial charge in [-0.15, -0.1) is 0 Å². The highest BCUT2D eigenvalue weighted by molar-refractivity contribution is 9.10. The Morgan fingerprint density at radius 1 is 0.971 bits per heavy atom. The molecule has 2 fully saturated rings. The Morgan fingerprint density at radius 3 is 2.56 bits per heavy atom. The molecule has 1 saturated heterocycles. The Kier molecular flexibility index (Phi) is 5.82. The van der Waals surface area contributed by atoms with E-state index in [0.717, 1.165) is 47.1 Å². The molecule has 3 heterocycles. The van der Waals surface area contributed by atoms with Crippen LogP contribution in [0.5, 0.6) is 0 Å². The number of aromatic nitrogens is 2. The number of rotatable bonds is 3. The van der Waals surface area contributed by atoms with Crippen LogP contribution < -0.4 is 4.90 Å². The van der Waals surface area contributed by atoms with Crippen molar-refractivity contribution in [2.75, 3.05) is 31.1 Å². The lowest BCUT2D eigenvalue weighted by molar-refractivity contribution is 0.141. The van der Waals surface area contributed by atoms with Gasteiger partial charge in [-0.3, -0.25) is 9.88 Å². The van der Waals surface area contributed by atoms with Gasteiger partial charge in [-0.25, -0.2) is 4.39 Å². The van der Waals surface area contributed by atoms with Crippen LogP contribution >= 0.6 is 15.9 Å². The van der Waals surface area contributed by atoms with Crippen LogP contribution in [0.25, 0.3) is 21.8 Å². The van der Waals surface area contributed by atoms with Crippen molar-refractivity contribution in [2.45, 2.75) is 37.6 Å². The number of nitrogens with zero attached hydrogens (tertiary/aromatic N) is 4. The van der Waals surface area contributed by atoms with E-state index in [1.807, 2.05) is 18.3 Å². The zero-order valence-electron chi connectivity index (χ0n) is 19.6. The summed E-state index contributed by atoms with van der Waals surface area (Å²) in [6.07, 6.45) is 8.92. The Bertz CT molecular complexity index is 1330. The molecule has 1 aliphatic heterocycles. The quantitative estimate of drug-likeness (QED) is 0.309. The first-order valence-electron chi connectivity index (χ1n) is 12.3. The smallest absolute Gasteiger partial charge is 0.123 e. The van der Waals surface area contributed by atoms with Gasteiger partial charge in [-0.1, -0.05) is 22.0 Å². The van der Waals surface area contributed by atoms with E-state index in [4.69, 9.17) is 0 Å². The summed E-state index contributed by atoms with van der Waals surface area (Å²) in [5, 5.41) is 2.27. The van der Waals surface area contributed by atoms with Crippen molar-refractivity contribution in [3.63, 3.8) is 0 Å². The number of benzene rings is 2. The van der Waals surface area contributed by atoms with Gasteiger partial charge in [0.2, 0.25) is 0 Å². The normalized spacial score (nSPS) is 22.0. The standard InChI is InChI=1S/C28H30BrFN4/c1-32-18-25(24-17-22(30)6-9-26(24)32)19-4-7-23(8-5-19)33-11-13-34(14-12-33)27-16-21(29)15-20-3-2-10-31-28(20)27/h2-3,6,9-10,15-19,23H,4-5,7-8,11-14H2,1H3. The van der Waals surface area contributed by atoms with Crippen molar-refractivity contribution >= 4 is 43.4 Å². The number of aryl methyl sites for hydroxylation is 1. The summed E-state index contributed by atoms with van der Waals surface area (Å²) in [5.41, 5.74) is 4.78. The van der Waals surface area contributed by atoms with Crippen LogP contribution in [0.4, 0.5) is 10.1 Å². The van der Waals surface area contributed by atoms with E-state index in [-0.39, 0.29) is 5.82 Å². The molecule has 0 radical (unpaired) electrons. The largest absolute Gasteiger partial charge is 0.367 e. The van der Waals surface area contributed by atoms with E-state index in [0.29, 0.717) is 12.0 Å².